The largest absolute Gasteiger partial charge is 0.325 e. The van der Waals surface area contributed by atoms with Gasteiger partial charge in [-0.2, -0.15) is 0 Å². The molecule has 0 spiro atoms. The Labute approximate surface area is 75.4 Å². The van der Waals surface area contributed by atoms with E-state index in [9.17, 15) is 0 Å². The molecule has 2 unspecified atom stereocenters. The number of nitrogens with zero attached hydrogens (tertiary/aromatic N) is 1. The number of rotatable bonds is 2. The van der Waals surface area contributed by atoms with Gasteiger partial charge in [0.1, 0.15) is 0 Å². The maximum atomic E-state index is 5.65. The molecule has 0 aromatic carbocycles. The highest BCUT2D eigenvalue weighted by atomic mass is 15.1. The van der Waals surface area contributed by atoms with Crippen LogP contribution >= 0.6 is 0 Å². The van der Waals surface area contributed by atoms with Crippen LogP contribution in [0.15, 0.2) is 12.2 Å². The van der Waals surface area contributed by atoms with E-state index in [1.165, 1.54) is 25.8 Å². The molecule has 1 rings (SSSR count). The molecule has 12 heavy (non-hydrogen) atoms. The molecule has 0 amide bonds. The minimum absolute atomic E-state index is 0.195. The van der Waals surface area contributed by atoms with Crippen LogP contribution in [0.25, 0.3) is 0 Å². The Balaban J connectivity index is 2.38. The van der Waals surface area contributed by atoms with Crippen LogP contribution in [0, 0.1) is 0 Å². The molecule has 1 aliphatic heterocycles. The van der Waals surface area contributed by atoms with Crippen LogP contribution in [0.5, 0.6) is 0 Å². The number of hydrogen-bond donors (Lipinski definition) is 1. The van der Waals surface area contributed by atoms with Crippen LogP contribution in [0.4, 0.5) is 0 Å². The molecular weight excluding hydrogens is 148 g/mol. The summed E-state index contributed by atoms with van der Waals surface area (Å²) in [5, 5.41) is 0. The molecule has 2 heteroatoms. The van der Waals surface area contributed by atoms with Gasteiger partial charge in [0.25, 0.3) is 0 Å². The highest BCUT2D eigenvalue weighted by Gasteiger charge is 2.15. The average Bonchev–Trinajstić information content (AvgIpc) is 2.03. The molecule has 0 aromatic rings. The molecule has 1 heterocycles. The van der Waals surface area contributed by atoms with Gasteiger partial charge in [0.05, 0.1) is 0 Å². The highest BCUT2D eigenvalue weighted by Crippen LogP contribution is 2.15. The lowest BCUT2D eigenvalue weighted by Gasteiger charge is -2.30. The summed E-state index contributed by atoms with van der Waals surface area (Å²) in [5.74, 6) is 0. The molecule has 0 aliphatic carbocycles. The van der Waals surface area contributed by atoms with E-state index in [0.29, 0.717) is 6.04 Å². The molecule has 2 N–H and O–H groups in total. The SMILES string of the molecule is CC(N)/C=C/C1CCCCN1C. The average molecular weight is 168 g/mol. The summed E-state index contributed by atoms with van der Waals surface area (Å²) in [7, 11) is 2.19. The zero-order chi connectivity index (χ0) is 8.97. The Morgan fingerprint density at radius 2 is 2.25 bits per heavy atom. The van der Waals surface area contributed by atoms with Gasteiger partial charge in [0, 0.05) is 12.1 Å². The van der Waals surface area contributed by atoms with E-state index in [0.717, 1.165) is 0 Å². The molecule has 2 nitrogen and oxygen atoms in total. The van der Waals surface area contributed by atoms with Crippen molar-refractivity contribution in [3.05, 3.63) is 12.2 Å². The van der Waals surface area contributed by atoms with E-state index >= 15 is 0 Å². The summed E-state index contributed by atoms with van der Waals surface area (Å²) in [5.41, 5.74) is 5.65. The fourth-order valence-corrected chi connectivity index (χ4v) is 1.65. The predicted molar refractivity (Wildman–Crippen MR) is 53.1 cm³/mol. The minimum atomic E-state index is 0.195. The molecule has 1 aliphatic rings. The van der Waals surface area contributed by atoms with Crippen molar-refractivity contribution in [2.75, 3.05) is 13.6 Å². The fraction of sp³-hybridized carbons (Fsp3) is 0.800. The Kier molecular flexibility index (Phi) is 3.76. The van der Waals surface area contributed by atoms with Crippen molar-refractivity contribution < 1.29 is 0 Å². The molecule has 2 atom stereocenters. The molecule has 70 valence electrons. The molecule has 1 saturated heterocycles. The van der Waals surface area contributed by atoms with E-state index < -0.39 is 0 Å². The normalized spacial score (nSPS) is 29.4. The van der Waals surface area contributed by atoms with Crippen molar-refractivity contribution in [3.63, 3.8) is 0 Å². The standard InChI is InChI=1S/C10H20N2/c1-9(11)6-7-10-5-3-4-8-12(10)2/h6-7,9-10H,3-5,8,11H2,1-2H3/b7-6+. The summed E-state index contributed by atoms with van der Waals surface area (Å²) in [6.45, 7) is 3.24. The maximum absolute atomic E-state index is 5.65. The molecular formula is C10H20N2. The fourth-order valence-electron chi connectivity index (χ4n) is 1.65. The van der Waals surface area contributed by atoms with Gasteiger partial charge in [-0.3, -0.25) is 4.90 Å². The lowest BCUT2D eigenvalue weighted by molar-refractivity contribution is 0.221. The molecule has 0 saturated carbocycles. The number of likely N-dealkylation sites (N-methyl/N-ethyl adjacent to an activating group) is 1. The summed E-state index contributed by atoms with van der Waals surface area (Å²) in [6, 6.07) is 0.824. The van der Waals surface area contributed by atoms with Crippen LogP contribution in [-0.4, -0.2) is 30.6 Å². The zero-order valence-corrected chi connectivity index (χ0v) is 8.16. The zero-order valence-electron chi connectivity index (χ0n) is 8.16. The number of nitrogens with two attached hydrogens (primary N) is 1. The van der Waals surface area contributed by atoms with Crippen LogP contribution < -0.4 is 5.73 Å². The van der Waals surface area contributed by atoms with Gasteiger partial charge < -0.3 is 5.73 Å². The quantitative estimate of drug-likeness (QED) is 0.631. The van der Waals surface area contributed by atoms with Crippen LogP contribution in [-0.2, 0) is 0 Å². The lowest BCUT2D eigenvalue weighted by atomic mass is 10.0. The van der Waals surface area contributed by atoms with Crippen LogP contribution in [0.2, 0.25) is 0 Å². The van der Waals surface area contributed by atoms with Crippen molar-refractivity contribution in [2.45, 2.75) is 38.3 Å². The molecule has 1 fully saturated rings. The maximum Gasteiger partial charge on any atom is 0.0275 e. The van der Waals surface area contributed by atoms with E-state index in [1.807, 2.05) is 6.92 Å². The van der Waals surface area contributed by atoms with Gasteiger partial charge >= 0.3 is 0 Å². The number of hydrogen-bond acceptors (Lipinski definition) is 2. The van der Waals surface area contributed by atoms with Gasteiger partial charge in [0.2, 0.25) is 0 Å². The first-order valence-corrected chi connectivity index (χ1v) is 4.84. The van der Waals surface area contributed by atoms with E-state index in [1.54, 1.807) is 0 Å². The lowest BCUT2D eigenvalue weighted by Crippen LogP contribution is -2.34. The Morgan fingerprint density at radius 1 is 1.50 bits per heavy atom. The topological polar surface area (TPSA) is 29.3 Å². The van der Waals surface area contributed by atoms with Gasteiger partial charge in [-0.1, -0.05) is 18.6 Å². The van der Waals surface area contributed by atoms with Crippen LogP contribution in [0.3, 0.4) is 0 Å². The third kappa shape index (κ3) is 2.95. The molecule has 0 radical (unpaired) electrons. The first-order valence-electron chi connectivity index (χ1n) is 4.84. The summed E-state index contributed by atoms with van der Waals surface area (Å²) in [4.78, 5) is 2.41. The number of likely N-dealkylation sites (tertiary alicyclic amines) is 1. The second-order valence-electron chi connectivity index (χ2n) is 3.79. The summed E-state index contributed by atoms with van der Waals surface area (Å²) in [6.07, 6.45) is 8.35. The molecule has 0 aromatic heterocycles. The van der Waals surface area contributed by atoms with E-state index in [-0.39, 0.29) is 6.04 Å². The van der Waals surface area contributed by atoms with Gasteiger partial charge in [-0.15, -0.1) is 0 Å². The van der Waals surface area contributed by atoms with Crippen molar-refractivity contribution in [1.29, 1.82) is 0 Å². The predicted octanol–water partition coefficient (Wildman–Crippen LogP) is 1.37. The first kappa shape index (κ1) is 9.75. The van der Waals surface area contributed by atoms with Gasteiger partial charge in [-0.05, 0) is 33.4 Å². The second kappa shape index (κ2) is 4.63. The van der Waals surface area contributed by atoms with Crippen molar-refractivity contribution in [2.24, 2.45) is 5.73 Å². The Hall–Kier alpha value is -0.340. The Morgan fingerprint density at radius 3 is 2.83 bits per heavy atom. The smallest absolute Gasteiger partial charge is 0.0275 e. The van der Waals surface area contributed by atoms with Crippen molar-refractivity contribution in [1.82, 2.24) is 4.90 Å². The van der Waals surface area contributed by atoms with Crippen molar-refractivity contribution >= 4 is 0 Å². The second-order valence-corrected chi connectivity index (χ2v) is 3.79. The monoisotopic (exact) mass is 168 g/mol. The molecule has 0 bridgehead atoms. The first-order chi connectivity index (χ1) is 5.70. The highest BCUT2D eigenvalue weighted by molar-refractivity contribution is 4.98. The van der Waals surface area contributed by atoms with Crippen molar-refractivity contribution in [3.8, 4) is 0 Å². The summed E-state index contributed by atoms with van der Waals surface area (Å²) >= 11 is 0. The van der Waals surface area contributed by atoms with Gasteiger partial charge in [-0.25, -0.2) is 0 Å². The van der Waals surface area contributed by atoms with Crippen LogP contribution in [0.1, 0.15) is 26.2 Å². The number of piperidine rings is 1. The summed E-state index contributed by atoms with van der Waals surface area (Å²) < 4.78 is 0. The third-order valence-corrected chi connectivity index (χ3v) is 2.46. The van der Waals surface area contributed by atoms with E-state index in [2.05, 4.69) is 24.1 Å². The third-order valence-electron chi connectivity index (χ3n) is 2.46. The minimum Gasteiger partial charge on any atom is -0.325 e. The Bertz CT molecular complexity index is 152. The van der Waals surface area contributed by atoms with E-state index in [4.69, 9.17) is 5.73 Å². The van der Waals surface area contributed by atoms with Gasteiger partial charge in [0.15, 0.2) is 0 Å².